The summed E-state index contributed by atoms with van der Waals surface area (Å²) in [5.41, 5.74) is -0.250. The van der Waals surface area contributed by atoms with Gasteiger partial charge in [-0.05, 0) is 51.8 Å². The van der Waals surface area contributed by atoms with Crippen molar-refractivity contribution in [3.63, 3.8) is 0 Å². The van der Waals surface area contributed by atoms with Crippen LogP contribution in [0.15, 0.2) is 29.2 Å². The van der Waals surface area contributed by atoms with Crippen molar-refractivity contribution in [3.8, 4) is 6.07 Å². The maximum atomic E-state index is 12.7. The highest BCUT2D eigenvalue weighted by molar-refractivity contribution is 7.92. The minimum atomic E-state index is -3.51. The molecule has 0 atom stereocenters. The summed E-state index contributed by atoms with van der Waals surface area (Å²) in [6.07, 6.45) is 0.307. The Morgan fingerprint density at radius 2 is 1.92 bits per heavy atom. The van der Waals surface area contributed by atoms with E-state index >= 15 is 0 Å². The first-order valence-corrected chi connectivity index (χ1v) is 9.40. The van der Waals surface area contributed by atoms with Crippen molar-refractivity contribution in [1.82, 2.24) is 4.90 Å². The normalized spacial score (nSPS) is 16.5. The van der Waals surface area contributed by atoms with Crippen LogP contribution in [0, 0.1) is 11.3 Å². The van der Waals surface area contributed by atoms with E-state index in [1.807, 2.05) is 6.07 Å². The first-order chi connectivity index (χ1) is 11.1. The zero-order chi connectivity index (χ0) is 18.0. The monoisotopic (exact) mass is 350 g/mol. The second kappa shape index (κ2) is 6.81. The molecule has 0 spiro atoms. The summed E-state index contributed by atoms with van der Waals surface area (Å²) >= 11 is 0. The molecule has 0 radical (unpaired) electrons. The second-order valence-corrected chi connectivity index (χ2v) is 9.08. The van der Waals surface area contributed by atoms with Gasteiger partial charge in [0.25, 0.3) is 0 Å². The van der Waals surface area contributed by atoms with Crippen molar-refractivity contribution in [2.75, 3.05) is 13.1 Å². The molecule has 1 amide bonds. The van der Waals surface area contributed by atoms with E-state index in [4.69, 9.17) is 10.00 Å². The van der Waals surface area contributed by atoms with Crippen LogP contribution in [0.2, 0.25) is 0 Å². The molecule has 6 nitrogen and oxygen atoms in total. The lowest BCUT2D eigenvalue weighted by molar-refractivity contribution is 0.0217. The lowest BCUT2D eigenvalue weighted by Crippen LogP contribution is -2.44. The predicted octanol–water partition coefficient (Wildman–Crippen LogP) is 2.73. The molecule has 0 aliphatic carbocycles. The van der Waals surface area contributed by atoms with Crippen molar-refractivity contribution in [2.45, 2.75) is 49.4 Å². The summed E-state index contributed by atoms with van der Waals surface area (Å²) in [7, 11) is -3.51. The summed E-state index contributed by atoms with van der Waals surface area (Å²) in [6.45, 7) is 6.08. The molecule has 24 heavy (non-hydrogen) atoms. The van der Waals surface area contributed by atoms with Gasteiger partial charge in [0.1, 0.15) is 5.60 Å². The molecule has 0 N–H and O–H groups in total. The number of hydrogen-bond donors (Lipinski definition) is 0. The van der Waals surface area contributed by atoms with Crippen LogP contribution in [0.4, 0.5) is 4.79 Å². The smallest absolute Gasteiger partial charge is 0.410 e. The largest absolute Gasteiger partial charge is 0.444 e. The lowest BCUT2D eigenvalue weighted by atomic mass is 10.1. The third-order valence-corrected chi connectivity index (χ3v) is 6.08. The minimum Gasteiger partial charge on any atom is -0.444 e. The number of nitrogens with zero attached hydrogens (tertiary/aromatic N) is 2. The summed E-state index contributed by atoms with van der Waals surface area (Å²) in [5.74, 6) is 0. The van der Waals surface area contributed by atoms with E-state index in [2.05, 4.69) is 0 Å². The number of rotatable bonds is 2. The summed E-state index contributed by atoms with van der Waals surface area (Å²) in [5, 5.41) is 8.37. The number of likely N-dealkylation sites (tertiary alicyclic amines) is 1. The molecule has 1 aromatic carbocycles. The fourth-order valence-electron chi connectivity index (χ4n) is 2.61. The molecule has 1 aromatic rings. The van der Waals surface area contributed by atoms with Crippen LogP contribution in [0.3, 0.4) is 0 Å². The minimum absolute atomic E-state index is 0.164. The van der Waals surface area contributed by atoms with Gasteiger partial charge in [0, 0.05) is 13.1 Å². The fourth-order valence-corrected chi connectivity index (χ4v) is 4.39. The van der Waals surface area contributed by atoms with E-state index in [0.29, 0.717) is 31.5 Å². The second-order valence-electron chi connectivity index (χ2n) is 6.85. The molecule has 1 heterocycles. The van der Waals surface area contributed by atoms with Crippen molar-refractivity contribution in [2.24, 2.45) is 0 Å². The standard InChI is InChI=1S/C17H22N2O4S/c1-17(2,3)23-16(20)19-9-7-14(8-10-19)24(21,22)15-6-4-5-13(11-15)12-18/h4-6,11,14H,7-10H2,1-3H3. The van der Waals surface area contributed by atoms with Crippen molar-refractivity contribution < 1.29 is 17.9 Å². The highest BCUT2D eigenvalue weighted by atomic mass is 32.2. The van der Waals surface area contributed by atoms with Gasteiger partial charge in [-0.25, -0.2) is 13.2 Å². The number of carbonyl (C=O) groups is 1. The van der Waals surface area contributed by atoms with Gasteiger partial charge in [0.15, 0.2) is 9.84 Å². The fraction of sp³-hybridized carbons (Fsp3) is 0.529. The van der Waals surface area contributed by atoms with E-state index in [9.17, 15) is 13.2 Å². The summed E-state index contributed by atoms with van der Waals surface area (Å²) in [4.78, 5) is 13.8. The molecule has 2 rings (SSSR count). The molecular formula is C17H22N2O4S. The van der Waals surface area contributed by atoms with Crippen LogP contribution in [-0.4, -0.2) is 43.4 Å². The van der Waals surface area contributed by atoms with E-state index in [1.54, 1.807) is 37.8 Å². The van der Waals surface area contributed by atoms with E-state index in [0.717, 1.165) is 0 Å². The number of benzene rings is 1. The molecule has 1 fully saturated rings. The number of sulfone groups is 1. The number of ether oxygens (including phenoxy) is 1. The van der Waals surface area contributed by atoms with Crippen LogP contribution in [0.1, 0.15) is 39.2 Å². The molecule has 0 aromatic heterocycles. The zero-order valence-corrected chi connectivity index (χ0v) is 15.0. The highest BCUT2D eigenvalue weighted by Crippen LogP contribution is 2.26. The Labute approximate surface area is 142 Å². The van der Waals surface area contributed by atoms with Gasteiger partial charge in [0.05, 0.1) is 21.8 Å². The van der Waals surface area contributed by atoms with Crippen LogP contribution < -0.4 is 0 Å². The maximum absolute atomic E-state index is 12.7. The first kappa shape index (κ1) is 18.3. The quantitative estimate of drug-likeness (QED) is 0.818. The van der Waals surface area contributed by atoms with E-state index < -0.39 is 26.8 Å². The summed E-state index contributed by atoms with van der Waals surface area (Å²) in [6, 6.07) is 8.01. The molecule has 0 bridgehead atoms. The Kier molecular flexibility index (Phi) is 5.19. The Morgan fingerprint density at radius 1 is 1.29 bits per heavy atom. The number of amides is 1. The van der Waals surface area contributed by atoms with Gasteiger partial charge in [-0.2, -0.15) is 5.26 Å². The maximum Gasteiger partial charge on any atom is 0.410 e. The Balaban J connectivity index is 2.06. The average molecular weight is 350 g/mol. The lowest BCUT2D eigenvalue weighted by Gasteiger charge is -2.33. The van der Waals surface area contributed by atoms with Gasteiger partial charge in [-0.1, -0.05) is 6.07 Å². The SMILES string of the molecule is CC(C)(C)OC(=O)N1CCC(S(=O)(=O)c2cccc(C#N)c2)CC1. The zero-order valence-electron chi connectivity index (χ0n) is 14.2. The van der Waals surface area contributed by atoms with Crippen LogP contribution in [0.5, 0.6) is 0 Å². The van der Waals surface area contributed by atoms with Crippen molar-refractivity contribution in [3.05, 3.63) is 29.8 Å². The van der Waals surface area contributed by atoms with Gasteiger partial charge in [0.2, 0.25) is 0 Å². The van der Waals surface area contributed by atoms with E-state index in [1.165, 1.54) is 12.1 Å². The van der Waals surface area contributed by atoms with Gasteiger partial charge >= 0.3 is 6.09 Å². The third-order valence-electron chi connectivity index (χ3n) is 3.82. The van der Waals surface area contributed by atoms with E-state index in [-0.39, 0.29) is 4.90 Å². The van der Waals surface area contributed by atoms with Gasteiger partial charge in [-0.3, -0.25) is 0 Å². The molecule has 1 saturated heterocycles. The molecule has 1 aliphatic rings. The van der Waals surface area contributed by atoms with Crippen molar-refractivity contribution in [1.29, 1.82) is 5.26 Å². The molecule has 0 saturated carbocycles. The van der Waals surface area contributed by atoms with Crippen molar-refractivity contribution >= 4 is 15.9 Å². The third kappa shape index (κ3) is 4.26. The highest BCUT2D eigenvalue weighted by Gasteiger charge is 2.34. The van der Waals surface area contributed by atoms with Gasteiger partial charge < -0.3 is 9.64 Å². The summed E-state index contributed by atoms with van der Waals surface area (Å²) < 4.78 is 30.7. The Morgan fingerprint density at radius 3 is 2.46 bits per heavy atom. The average Bonchev–Trinajstić information content (AvgIpc) is 2.53. The van der Waals surface area contributed by atoms with Crippen LogP contribution in [0.25, 0.3) is 0 Å². The topological polar surface area (TPSA) is 87.5 Å². The van der Waals surface area contributed by atoms with Crippen LogP contribution >= 0.6 is 0 Å². The Hall–Kier alpha value is -2.07. The predicted molar refractivity (Wildman–Crippen MR) is 89.2 cm³/mol. The molecule has 1 aliphatic heterocycles. The number of nitriles is 1. The first-order valence-electron chi connectivity index (χ1n) is 7.85. The molecule has 130 valence electrons. The van der Waals surface area contributed by atoms with Gasteiger partial charge in [-0.15, -0.1) is 0 Å². The molecular weight excluding hydrogens is 328 g/mol. The number of piperidine rings is 1. The Bertz CT molecular complexity index is 752. The molecule has 0 unspecified atom stereocenters. The molecule has 7 heteroatoms. The van der Waals surface area contributed by atoms with Crippen LogP contribution in [-0.2, 0) is 14.6 Å². The number of carbonyl (C=O) groups excluding carboxylic acids is 1. The number of hydrogen-bond acceptors (Lipinski definition) is 5.